The molecule has 0 unspecified atom stereocenters. The second-order valence-corrected chi connectivity index (χ2v) is 5.20. The minimum absolute atomic E-state index is 0.0915. The zero-order valence-corrected chi connectivity index (χ0v) is 12.4. The Kier molecular flexibility index (Phi) is 5.10. The Morgan fingerprint density at radius 2 is 2.14 bits per heavy atom. The van der Waals surface area contributed by atoms with Crippen molar-refractivity contribution < 1.29 is 9.18 Å². The molecule has 0 saturated carbocycles. The van der Waals surface area contributed by atoms with Crippen molar-refractivity contribution in [1.82, 2.24) is 20.1 Å². The van der Waals surface area contributed by atoms with E-state index < -0.39 is 0 Å². The van der Waals surface area contributed by atoms with Crippen LogP contribution in [0.25, 0.3) is 11.4 Å². The van der Waals surface area contributed by atoms with E-state index >= 15 is 0 Å². The van der Waals surface area contributed by atoms with Crippen LogP contribution in [0.4, 0.5) is 4.39 Å². The molecule has 0 atom stereocenters. The van der Waals surface area contributed by atoms with Gasteiger partial charge in [-0.2, -0.15) is 0 Å². The molecule has 2 aromatic rings. The highest BCUT2D eigenvalue weighted by atomic mass is 32.2. The van der Waals surface area contributed by atoms with E-state index in [0.717, 1.165) is 5.56 Å². The highest BCUT2D eigenvalue weighted by Crippen LogP contribution is 2.22. The molecule has 5 nitrogen and oxygen atoms in total. The van der Waals surface area contributed by atoms with Crippen LogP contribution < -0.4 is 5.32 Å². The Bertz CT molecular complexity index is 639. The molecule has 0 aliphatic rings. The smallest absolute Gasteiger partial charge is 0.230 e. The van der Waals surface area contributed by atoms with Gasteiger partial charge in [-0.1, -0.05) is 17.8 Å². The van der Waals surface area contributed by atoms with Crippen LogP contribution in [0.15, 0.2) is 42.1 Å². The SMILES string of the molecule is C=CCNC(=O)CSc1nnc(-c2ccc(F)cc2)n1C. The normalized spacial score (nSPS) is 10.4. The van der Waals surface area contributed by atoms with Crippen molar-refractivity contribution in [2.75, 3.05) is 12.3 Å². The summed E-state index contributed by atoms with van der Waals surface area (Å²) >= 11 is 1.29. The van der Waals surface area contributed by atoms with Crippen molar-refractivity contribution in [3.63, 3.8) is 0 Å². The molecule has 0 radical (unpaired) electrons. The van der Waals surface area contributed by atoms with Gasteiger partial charge in [0.05, 0.1) is 5.75 Å². The lowest BCUT2D eigenvalue weighted by Gasteiger charge is -2.04. The Labute approximate surface area is 126 Å². The molecule has 0 aliphatic carbocycles. The van der Waals surface area contributed by atoms with Gasteiger partial charge in [0.1, 0.15) is 5.82 Å². The van der Waals surface area contributed by atoms with Crippen LogP contribution in [0.5, 0.6) is 0 Å². The quantitative estimate of drug-likeness (QED) is 0.655. The van der Waals surface area contributed by atoms with Crippen molar-refractivity contribution in [1.29, 1.82) is 0 Å². The van der Waals surface area contributed by atoms with Crippen LogP contribution in [0.1, 0.15) is 0 Å². The summed E-state index contributed by atoms with van der Waals surface area (Å²) in [5.41, 5.74) is 0.773. The van der Waals surface area contributed by atoms with Gasteiger partial charge in [-0.3, -0.25) is 4.79 Å². The maximum absolute atomic E-state index is 12.9. The van der Waals surface area contributed by atoms with Gasteiger partial charge in [0.15, 0.2) is 11.0 Å². The lowest BCUT2D eigenvalue weighted by atomic mass is 10.2. The molecular formula is C14H15FN4OS. The van der Waals surface area contributed by atoms with Gasteiger partial charge < -0.3 is 9.88 Å². The van der Waals surface area contributed by atoms with E-state index in [4.69, 9.17) is 0 Å². The van der Waals surface area contributed by atoms with Crippen molar-refractivity contribution in [2.24, 2.45) is 7.05 Å². The summed E-state index contributed by atoms with van der Waals surface area (Å²) in [6.07, 6.45) is 1.62. The minimum atomic E-state index is -0.297. The first-order valence-electron chi connectivity index (χ1n) is 6.27. The average Bonchev–Trinajstić information content (AvgIpc) is 2.85. The Morgan fingerprint density at radius 1 is 1.43 bits per heavy atom. The summed E-state index contributed by atoms with van der Waals surface area (Å²) in [6.45, 7) is 3.98. The molecule has 1 amide bonds. The molecule has 0 bridgehead atoms. The van der Waals surface area contributed by atoms with Crippen molar-refractivity contribution >= 4 is 17.7 Å². The molecule has 1 heterocycles. The molecular weight excluding hydrogens is 291 g/mol. The first-order valence-corrected chi connectivity index (χ1v) is 7.26. The molecule has 0 aliphatic heterocycles. The molecule has 1 N–H and O–H groups in total. The van der Waals surface area contributed by atoms with Crippen LogP contribution >= 0.6 is 11.8 Å². The zero-order chi connectivity index (χ0) is 15.2. The van der Waals surface area contributed by atoms with Crippen LogP contribution in [-0.2, 0) is 11.8 Å². The maximum atomic E-state index is 12.9. The summed E-state index contributed by atoms with van der Waals surface area (Å²) in [7, 11) is 1.81. The van der Waals surface area contributed by atoms with Gasteiger partial charge in [0, 0.05) is 19.2 Å². The predicted molar refractivity (Wildman–Crippen MR) is 80.3 cm³/mol. The minimum Gasteiger partial charge on any atom is -0.352 e. The third-order valence-corrected chi connectivity index (χ3v) is 3.73. The van der Waals surface area contributed by atoms with Gasteiger partial charge >= 0.3 is 0 Å². The van der Waals surface area contributed by atoms with E-state index in [1.54, 1.807) is 22.8 Å². The number of amides is 1. The highest BCUT2D eigenvalue weighted by Gasteiger charge is 2.12. The van der Waals surface area contributed by atoms with E-state index in [9.17, 15) is 9.18 Å². The van der Waals surface area contributed by atoms with Crippen LogP contribution in [-0.4, -0.2) is 33.0 Å². The molecule has 1 aromatic heterocycles. The number of benzene rings is 1. The van der Waals surface area contributed by atoms with Crippen LogP contribution in [0.3, 0.4) is 0 Å². The number of rotatable bonds is 6. The average molecular weight is 306 g/mol. The van der Waals surface area contributed by atoms with Crippen LogP contribution in [0, 0.1) is 5.82 Å². The number of thioether (sulfide) groups is 1. The van der Waals surface area contributed by atoms with Crippen LogP contribution in [0.2, 0.25) is 0 Å². The number of nitrogens with one attached hydrogen (secondary N) is 1. The standard InChI is InChI=1S/C14H15FN4OS/c1-3-8-16-12(20)9-21-14-18-17-13(19(14)2)10-4-6-11(15)7-5-10/h3-7H,1,8-9H2,2H3,(H,16,20). The number of nitrogens with zero attached hydrogens (tertiary/aromatic N) is 3. The maximum Gasteiger partial charge on any atom is 0.230 e. The van der Waals surface area contributed by atoms with E-state index in [-0.39, 0.29) is 17.5 Å². The fraction of sp³-hybridized carbons (Fsp3) is 0.214. The summed E-state index contributed by atoms with van der Waals surface area (Å²) in [5, 5.41) is 11.4. The predicted octanol–water partition coefficient (Wildman–Crippen LogP) is 2.02. The topological polar surface area (TPSA) is 59.8 Å². The lowest BCUT2D eigenvalue weighted by molar-refractivity contribution is -0.118. The monoisotopic (exact) mass is 306 g/mol. The fourth-order valence-corrected chi connectivity index (χ4v) is 2.40. The first-order chi connectivity index (χ1) is 10.1. The molecule has 1 aromatic carbocycles. The second-order valence-electron chi connectivity index (χ2n) is 4.25. The van der Waals surface area contributed by atoms with E-state index in [1.165, 1.54) is 23.9 Å². The van der Waals surface area contributed by atoms with Gasteiger partial charge in [0.2, 0.25) is 5.91 Å². The molecule has 110 valence electrons. The van der Waals surface area contributed by atoms with E-state index in [0.29, 0.717) is 17.5 Å². The Balaban J connectivity index is 2.05. The molecule has 0 fully saturated rings. The molecule has 2 rings (SSSR count). The summed E-state index contributed by atoms with van der Waals surface area (Å²) in [6, 6.07) is 6.04. The zero-order valence-electron chi connectivity index (χ0n) is 11.5. The second kappa shape index (κ2) is 7.03. The number of carbonyl (C=O) groups is 1. The fourth-order valence-electron chi connectivity index (χ4n) is 1.66. The molecule has 21 heavy (non-hydrogen) atoms. The van der Waals surface area contributed by atoms with Gasteiger partial charge in [-0.25, -0.2) is 4.39 Å². The summed E-state index contributed by atoms with van der Waals surface area (Å²) < 4.78 is 14.7. The highest BCUT2D eigenvalue weighted by molar-refractivity contribution is 7.99. The third-order valence-electron chi connectivity index (χ3n) is 2.71. The van der Waals surface area contributed by atoms with Gasteiger partial charge in [0.25, 0.3) is 0 Å². The summed E-state index contributed by atoms with van der Waals surface area (Å²) in [4.78, 5) is 11.5. The third kappa shape index (κ3) is 3.91. The first kappa shape index (κ1) is 15.2. The lowest BCUT2D eigenvalue weighted by Crippen LogP contribution is -2.25. The molecule has 0 saturated heterocycles. The van der Waals surface area contributed by atoms with Gasteiger partial charge in [-0.15, -0.1) is 16.8 Å². The number of carbonyl (C=O) groups excluding carboxylic acids is 1. The number of hydrogen-bond acceptors (Lipinski definition) is 4. The Morgan fingerprint density at radius 3 is 2.81 bits per heavy atom. The van der Waals surface area contributed by atoms with Crippen molar-refractivity contribution in [3.8, 4) is 11.4 Å². The number of halogens is 1. The number of aromatic nitrogens is 3. The Hall–Kier alpha value is -2.15. The van der Waals surface area contributed by atoms with Crippen molar-refractivity contribution in [2.45, 2.75) is 5.16 Å². The van der Waals surface area contributed by atoms with Gasteiger partial charge in [-0.05, 0) is 24.3 Å². The number of hydrogen-bond donors (Lipinski definition) is 1. The summed E-state index contributed by atoms with van der Waals surface area (Å²) in [5.74, 6) is 0.494. The molecule has 7 heteroatoms. The molecule has 0 spiro atoms. The largest absolute Gasteiger partial charge is 0.352 e. The van der Waals surface area contributed by atoms with Crippen molar-refractivity contribution in [3.05, 3.63) is 42.7 Å². The van der Waals surface area contributed by atoms with E-state index in [1.807, 2.05) is 7.05 Å². The van der Waals surface area contributed by atoms with E-state index in [2.05, 4.69) is 22.1 Å².